The standard InChI is InChI=1S/C26H31NO2/c1-18(2)23-16-24-22(15-26(28)29-25(24)13-19(23)3)17-27-11-9-21(10-12-27)14-20-7-5-4-6-8-20/h4-8,13,15-16,18,21H,9-12,14,17H2,1-3H3/p+1. The Hall–Kier alpha value is -2.39. The quantitative estimate of drug-likeness (QED) is 0.661. The Balaban J connectivity index is 1.49. The molecule has 0 bridgehead atoms. The van der Waals surface area contributed by atoms with Gasteiger partial charge in [0.05, 0.1) is 13.1 Å². The molecule has 2 heterocycles. The second kappa shape index (κ2) is 8.54. The third-order valence-electron chi connectivity index (χ3n) is 6.46. The van der Waals surface area contributed by atoms with Gasteiger partial charge in [0.25, 0.3) is 0 Å². The van der Waals surface area contributed by atoms with E-state index in [9.17, 15) is 4.79 Å². The van der Waals surface area contributed by atoms with Gasteiger partial charge in [0.15, 0.2) is 0 Å². The first kappa shape index (κ1) is 19.9. The summed E-state index contributed by atoms with van der Waals surface area (Å²) in [5.74, 6) is 1.23. The van der Waals surface area contributed by atoms with Crippen molar-refractivity contribution in [3.8, 4) is 0 Å². The van der Waals surface area contributed by atoms with Crippen LogP contribution in [0.2, 0.25) is 0 Å². The predicted octanol–water partition coefficient (Wildman–Crippen LogP) is 4.26. The Kier molecular flexibility index (Phi) is 5.86. The van der Waals surface area contributed by atoms with Gasteiger partial charge in [-0.25, -0.2) is 4.79 Å². The van der Waals surface area contributed by atoms with E-state index in [0.29, 0.717) is 5.92 Å². The highest BCUT2D eigenvalue weighted by molar-refractivity contribution is 5.82. The third kappa shape index (κ3) is 4.62. The first-order valence-corrected chi connectivity index (χ1v) is 10.9. The number of nitrogens with one attached hydrogen (secondary N) is 1. The zero-order valence-corrected chi connectivity index (χ0v) is 17.8. The predicted molar refractivity (Wildman–Crippen MR) is 119 cm³/mol. The molecule has 1 aliphatic rings. The number of hydrogen-bond donors (Lipinski definition) is 1. The summed E-state index contributed by atoms with van der Waals surface area (Å²) in [5, 5.41) is 1.11. The van der Waals surface area contributed by atoms with Crippen LogP contribution in [0.15, 0.2) is 57.7 Å². The number of likely N-dealkylation sites (tertiary alicyclic amines) is 1. The third-order valence-corrected chi connectivity index (χ3v) is 6.46. The summed E-state index contributed by atoms with van der Waals surface area (Å²) >= 11 is 0. The first-order valence-electron chi connectivity index (χ1n) is 10.9. The van der Waals surface area contributed by atoms with Crippen molar-refractivity contribution in [3.05, 3.63) is 81.2 Å². The van der Waals surface area contributed by atoms with E-state index in [4.69, 9.17) is 4.42 Å². The molecule has 29 heavy (non-hydrogen) atoms. The second-order valence-corrected chi connectivity index (χ2v) is 9.01. The number of aryl methyl sites for hydroxylation is 1. The van der Waals surface area contributed by atoms with Crippen LogP contribution in [-0.4, -0.2) is 13.1 Å². The molecule has 3 aromatic rings. The molecule has 0 atom stereocenters. The molecule has 0 spiro atoms. The zero-order chi connectivity index (χ0) is 20.4. The minimum Gasteiger partial charge on any atom is -0.423 e. The van der Waals surface area contributed by atoms with Crippen molar-refractivity contribution in [2.45, 2.75) is 52.5 Å². The molecule has 1 saturated heterocycles. The van der Waals surface area contributed by atoms with Crippen LogP contribution < -0.4 is 10.5 Å². The van der Waals surface area contributed by atoms with Crippen molar-refractivity contribution >= 4 is 11.0 Å². The lowest BCUT2D eigenvalue weighted by Gasteiger charge is -2.29. The largest absolute Gasteiger partial charge is 0.423 e. The molecule has 152 valence electrons. The minimum atomic E-state index is -0.234. The van der Waals surface area contributed by atoms with E-state index >= 15 is 0 Å². The van der Waals surface area contributed by atoms with Crippen LogP contribution in [0.1, 0.15) is 54.9 Å². The van der Waals surface area contributed by atoms with Gasteiger partial charge in [-0.2, -0.15) is 0 Å². The van der Waals surface area contributed by atoms with Crippen LogP contribution in [0, 0.1) is 12.8 Å². The fourth-order valence-electron chi connectivity index (χ4n) is 4.84. The molecule has 1 aliphatic heterocycles. The molecule has 0 aliphatic carbocycles. The number of hydrogen-bond acceptors (Lipinski definition) is 2. The van der Waals surface area contributed by atoms with E-state index in [-0.39, 0.29) is 5.63 Å². The van der Waals surface area contributed by atoms with Gasteiger partial charge in [0.2, 0.25) is 0 Å². The molecule has 2 aromatic carbocycles. The van der Waals surface area contributed by atoms with E-state index in [1.54, 1.807) is 11.0 Å². The number of piperidine rings is 1. The van der Waals surface area contributed by atoms with E-state index in [2.05, 4.69) is 57.2 Å². The second-order valence-electron chi connectivity index (χ2n) is 9.01. The van der Waals surface area contributed by atoms with Crippen LogP contribution in [0.25, 0.3) is 11.0 Å². The summed E-state index contributed by atoms with van der Waals surface area (Å²) in [6, 6.07) is 16.8. The van der Waals surface area contributed by atoms with Crippen molar-refractivity contribution in [2.24, 2.45) is 5.92 Å². The summed E-state index contributed by atoms with van der Waals surface area (Å²) in [6.07, 6.45) is 3.68. The van der Waals surface area contributed by atoms with E-state index in [1.807, 2.05) is 6.07 Å². The summed E-state index contributed by atoms with van der Waals surface area (Å²) < 4.78 is 5.53. The zero-order valence-electron chi connectivity index (χ0n) is 17.8. The molecule has 3 nitrogen and oxygen atoms in total. The molecule has 1 fully saturated rings. The van der Waals surface area contributed by atoms with Crippen molar-refractivity contribution in [1.29, 1.82) is 0 Å². The van der Waals surface area contributed by atoms with Gasteiger partial charge in [-0.1, -0.05) is 44.2 Å². The van der Waals surface area contributed by atoms with Gasteiger partial charge in [0.1, 0.15) is 12.1 Å². The number of benzene rings is 2. The van der Waals surface area contributed by atoms with Crippen molar-refractivity contribution in [3.63, 3.8) is 0 Å². The molecule has 4 rings (SSSR count). The monoisotopic (exact) mass is 390 g/mol. The maximum absolute atomic E-state index is 12.2. The Morgan fingerprint density at radius 1 is 1.07 bits per heavy atom. The summed E-state index contributed by atoms with van der Waals surface area (Å²) in [5.41, 5.74) is 5.61. The first-order chi connectivity index (χ1) is 14.0. The molecule has 0 amide bonds. The molecular weight excluding hydrogens is 358 g/mol. The molecule has 0 saturated carbocycles. The number of quaternary nitrogens is 1. The highest BCUT2D eigenvalue weighted by Gasteiger charge is 2.23. The smallest absolute Gasteiger partial charge is 0.336 e. The topological polar surface area (TPSA) is 34.6 Å². The SMILES string of the molecule is Cc1cc2oc(=O)cc(C[NH+]3CCC(Cc4ccccc4)CC3)c2cc1C(C)C. The highest BCUT2D eigenvalue weighted by atomic mass is 16.4. The van der Waals surface area contributed by atoms with Gasteiger partial charge in [-0.05, 0) is 66.8 Å². The van der Waals surface area contributed by atoms with Crippen LogP contribution in [-0.2, 0) is 13.0 Å². The molecule has 1 N–H and O–H groups in total. The molecular formula is C26H32NO2+. The van der Waals surface area contributed by atoms with Crippen molar-refractivity contribution in [2.75, 3.05) is 13.1 Å². The Morgan fingerprint density at radius 2 is 1.79 bits per heavy atom. The maximum atomic E-state index is 12.2. The van der Waals surface area contributed by atoms with Gasteiger partial charge in [-0.15, -0.1) is 0 Å². The summed E-state index contributed by atoms with van der Waals surface area (Å²) in [6.45, 7) is 9.78. The Bertz CT molecular complexity index is 1030. The lowest BCUT2D eigenvalue weighted by atomic mass is 9.90. The fourth-order valence-corrected chi connectivity index (χ4v) is 4.84. The lowest BCUT2D eigenvalue weighted by molar-refractivity contribution is -0.919. The van der Waals surface area contributed by atoms with Crippen LogP contribution >= 0.6 is 0 Å². The minimum absolute atomic E-state index is 0.234. The molecule has 0 unspecified atom stereocenters. The van der Waals surface area contributed by atoms with Gasteiger partial charge < -0.3 is 9.32 Å². The summed E-state index contributed by atoms with van der Waals surface area (Å²) in [4.78, 5) is 13.7. The van der Waals surface area contributed by atoms with Crippen LogP contribution in [0.3, 0.4) is 0 Å². The fraction of sp³-hybridized carbons (Fsp3) is 0.423. The average molecular weight is 391 g/mol. The van der Waals surface area contributed by atoms with Gasteiger partial charge in [-0.3, -0.25) is 0 Å². The average Bonchev–Trinajstić information content (AvgIpc) is 2.69. The maximum Gasteiger partial charge on any atom is 0.336 e. The summed E-state index contributed by atoms with van der Waals surface area (Å²) in [7, 11) is 0. The van der Waals surface area contributed by atoms with Gasteiger partial charge >= 0.3 is 5.63 Å². The molecule has 3 heteroatoms. The van der Waals surface area contributed by atoms with Crippen molar-refractivity contribution < 1.29 is 9.32 Å². The molecule has 1 aromatic heterocycles. The number of rotatable bonds is 5. The van der Waals surface area contributed by atoms with Crippen LogP contribution in [0.5, 0.6) is 0 Å². The van der Waals surface area contributed by atoms with E-state index in [0.717, 1.165) is 29.0 Å². The normalized spacial score (nSPS) is 19.7. The van der Waals surface area contributed by atoms with Crippen molar-refractivity contribution in [1.82, 2.24) is 0 Å². The number of fused-ring (bicyclic) bond motifs is 1. The lowest BCUT2D eigenvalue weighted by Crippen LogP contribution is -3.11. The van der Waals surface area contributed by atoms with Gasteiger partial charge in [0, 0.05) is 17.0 Å². The highest BCUT2D eigenvalue weighted by Crippen LogP contribution is 2.26. The van der Waals surface area contributed by atoms with Crippen LogP contribution in [0.4, 0.5) is 0 Å². The van der Waals surface area contributed by atoms with E-state index in [1.165, 1.54) is 49.0 Å². The molecule has 0 radical (unpaired) electrons. The van der Waals surface area contributed by atoms with E-state index < -0.39 is 0 Å². The Morgan fingerprint density at radius 3 is 2.48 bits per heavy atom. The Labute approximate surface area is 173 Å².